The molecule has 2 aromatic rings. The van der Waals surface area contributed by atoms with Gasteiger partial charge in [-0.15, -0.1) is 0 Å². The molecular formula is C10H10N2O3. The molecular weight excluding hydrogens is 196 g/mol. The Morgan fingerprint density at radius 1 is 1.53 bits per heavy atom. The van der Waals surface area contributed by atoms with Gasteiger partial charge in [-0.25, -0.2) is 0 Å². The first kappa shape index (κ1) is 9.51. The highest BCUT2D eigenvalue weighted by Crippen LogP contribution is 2.13. The summed E-state index contributed by atoms with van der Waals surface area (Å²) in [6.45, 7) is 0. The van der Waals surface area contributed by atoms with Crippen LogP contribution in [0.5, 0.6) is 0 Å². The largest absolute Gasteiger partial charge is 0.481 e. The number of hydrogen-bond acceptors (Lipinski definition) is 2. The van der Waals surface area contributed by atoms with Gasteiger partial charge in [0, 0.05) is 7.05 Å². The van der Waals surface area contributed by atoms with Gasteiger partial charge in [0.2, 0.25) is 0 Å². The number of benzene rings is 1. The normalized spacial score (nSPS) is 10.7. The highest BCUT2D eigenvalue weighted by atomic mass is 16.4. The summed E-state index contributed by atoms with van der Waals surface area (Å²) in [5.41, 5.74) is 1.02. The number of hydrogen-bond donors (Lipinski definition) is 2. The van der Waals surface area contributed by atoms with Gasteiger partial charge in [-0.2, -0.15) is 0 Å². The van der Waals surface area contributed by atoms with Crippen LogP contribution in [0, 0.1) is 0 Å². The third kappa shape index (κ3) is 1.52. The maximum atomic E-state index is 11.7. The fraction of sp³-hybridized carbons (Fsp3) is 0.200. The molecule has 1 aromatic carbocycles. The fourth-order valence-corrected chi connectivity index (χ4v) is 1.66. The summed E-state index contributed by atoms with van der Waals surface area (Å²) in [6.07, 6.45) is -0.134. The van der Waals surface area contributed by atoms with E-state index in [1.807, 2.05) is 0 Å². The molecule has 0 amide bonds. The smallest absolute Gasteiger partial charge is 0.307 e. The van der Waals surface area contributed by atoms with Crippen molar-refractivity contribution in [2.24, 2.45) is 7.05 Å². The second-order valence-corrected chi connectivity index (χ2v) is 3.39. The summed E-state index contributed by atoms with van der Waals surface area (Å²) >= 11 is 0. The summed E-state index contributed by atoms with van der Waals surface area (Å²) in [6, 6.07) is 5.14. The Hall–Kier alpha value is -2.04. The quantitative estimate of drug-likeness (QED) is 0.751. The lowest BCUT2D eigenvalue weighted by molar-refractivity contribution is -0.136. The molecule has 0 fully saturated rings. The Bertz CT molecular complexity index is 580. The first-order valence-corrected chi connectivity index (χ1v) is 4.48. The second kappa shape index (κ2) is 3.27. The number of carboxylic acids is 1. The first-order valence-electron chi connectivity index (χ1n) is 4.48. The van der Waals surface area contributed by atoms with Crippen molar-refractivity contribution < 1.29 is 9.90 Å². The molecule has 0 aliphatic rings. The molecule has 1 heterocycles. The lowest BCUT2D eigenvalue weighted by Gasteiger charge is -1.96. The minimum Gasteiger partial charge on any atom is -0.481 e. The Labute approximate surface area is 84.9 Å². The fourth-order valence-electron chi connectivity index (χ4n) is 1.66. The Kier molecular flexibility index (Phi) is 2.07. The van der Waals surface area contributed by atoms with Gasteiger partial charge in [-0.3, -0.25) is 19.4 Å². The van der Waals surface area contributed by atoms with Crippen LogP contribution in [-0.2, 0) is 18.3 Å². The van der Waals surface area contributed by atoms with Crippen LogP contribution in [0.15, 0.2) is 23.0 Å². The molecule has 0 atom stereocenters. The number of rotatable bonds is 2. The van der Waals surface area contributed by atoms with Crippen molar-refractivity contribution in [1.82, 2.24) is 9.78 Å². The molecule has 2 rings (SSSR count). The zero-order valence-corrected chi connectivity index (χ0v) is 8.15. The van der Waals surface area contributed by atoms with Gasteiger partial charge in [-0.1, -0.05) is 12.1 Å². The van der Waals surface area contributed by atoms with Crippen molar-refractivity contribution in [3.63, 3.8) is 0 Å². The molecule has 0 saturated carbocycles. The molecule has 5 nitrogen and oxygen atoms in total. The molecule has 5 heteroatoms. The van der Waals surface area contributed by atoms with Crippen molar-refractivity contribution in [1.29, 1.82) is 0 Å². The number of carbonyl (C=O) groups is 1. The van der Waals surface area contributed by atoms with Gasteiger partial charge in [0.05, 0.1) is 17.3 Å². The topological polar surface area (TPSA) is 75.1 Å². The Morgan fingerprint density at radius 2 is 2.27 bits per heavy atom. The van der Waals surface area contributed by atoms with Gasteiger partial charge < -0.3 is 5.11 Å². The number of nitrogens with one attached hydrogen (secondary N) is 1. The summed E-state index contributed by atoms with van der Waals surface area (Å²) in [5, 5.41) is 12.0. The summed E-state index contributed by atoms with van der Waals surface area (Å²) in [4.78, 5) is 22.3. The molecule has 0 radical (unpaired) electrons. The van der Waals surface area contributed by atoms with Crippen molar-refractivity contribution >= 4 is 16.9 Å². The summed E-state index contributed by atoms with van der Waals surface area (Å²) < 4.78 is 1.34. The van der Waals surface area contributed by atoms with Gasteiger partial charge in [0.25, 0.3) is 5.56 Å². The van der Waals surface area contributed by atoms with E-state index in [2.05, 4.69) is 5.10 Å². The zero-order chi connectivity index (χ0) is 11.0. The molecule has 0 aliphatic carbocycles. The number of H-pyrrole nitrogens is 1. The number of carboxylic acid groups (broad SMARTS) is 1. The van der Waals surface area contributed by atoms with E-state index in [4.69, 9.17) is 5.11 Å². The van der Waals surface area contributed by atoms with E-state index in [1.165, 1.54) is 4.68 Å². The van der Waals surface area contributed by atoms with E-state index in [9.17, 15) is 9.59 Å². The number of fused-ring (bicyclic) bond motifs is 1. The van der Waals surface area contributed by atoms with Crippen molar-refractivity contribution in [3.05, 3.63) is 34.1 Å². The summed E-state index contributed by atoms with van der Waals surface area (Å²) in [5.74, 6) is -0.939. The van der Waals surface area contributed by atoms with Crippen LogP contribution in [-0.4, -0.2) is 20.9 Å². The standard InChI is InChI=1S/C10H10N2O3/c1-12-10(15)9-6(5-8(13)14)3-2-4-7(9)11-12/h2-4,11H,5H2,1H3,(H,13,14). The molecule has 0 bridgehead atoms. The van der Waals surface area contributed by atoms with Crippen LogP contribution >= 0.6 is 0 Å². The van der Waals surface area contributed by atoms with Crippen LogP contribution in [0.4, 0.5) is 0 Å². The molecule has 0 unspecified atom stereocenters. The van der Waals surface area contributed by atoms with E-state index in [-0.39, 0.29) is 12.0 Å². The molecule has 15 heavy (non-hydrogen) atoms. The minimum atomic E-state index is -0.939. The first-order chi connectivity index (χ1) is 7.09. The maximum Gasteiger partial charge on any atom is 0.307 e. The van der Waals surface area contributed by atoms with Crippen molar-refractivity contribution in [2.45, 2.75) is 6.42 Å². The molecule has 0 spiro atoms. The summed E-state index contributed by atoms with van der Waals surface area (Å²) in [7, 11) is 1.60. The SMILES string of the molecule is Cn1[nH]c2cccc(CC(=O)O)c2c1=O. The molecule has 2 N–H and O–H groups in total. The van der Waals surface area contributed by atoms with E-state index in [1.54, 1.807) is 25.2 Å². The van der Waals surface area contributed by atoms with Gasteiger partial charge in [0.1, 0.15) is 0 Å². The van der Waals surface area contributed by atoms with Gasteiger partial charge >= 0.3 is 5.97 Å². The average Bonchev–Trinajstić information content (AvgIpc) is 2.43. The van der Waals surface area contributed by atoms with Crippen LogP contribution in [0.3, 0.4) is 0 Å². The zero-order valence-electron chi connectivity index (χ0n) is 8.15. The van der Waals surface area contributed by atoms with E-state index in [0.717, 1.165) is 0 Å². The molecule has 0 saturated heterocycles. The van der Waals surface area contributed by atoms with Gasteiger partial charge in [-0.05, 0) is 11.6 Å². The lowest BCUT2D eigenvalue weighted by atomic mass is 10.1. The average molecular weight is 206 g/mol. The predicted octanol–water partition coefficient (Wildman–Crippen LogP) is 0.494. The number of aliphatic carboxylic acids is 1. The minimum absolute atomic E-state index is 0.134. The third-order valence-corrected chi connectivity index (χ3v) is 2.30. The van der Waals surface area contributed by atoms with Crippen molar-refractivity contribution in [3.8, 4) is 0 Å². The monoisotopic (exact) mass is 206 g/mol. The number of aromatic amines is 1. The molecule has 0 aliphatic heterocycles. The van der Waals surface area contributed by atoms with Crippen LogP contribution in [0.1, 0.15) is 5.56 Å². The van der Waals surface area contributed by atoms with Crippen LogP contribution in [0.25, 0.3) is 10.9 Å². The highest BCUT2D eigenvalue weighted by molar-refractivity contribution is 5.85. The number of aryl methyl sites for hydroxylation is 1. The van der Waals surface area contributed by atoms with Gasteiger partial charge in [0.15, 0.2) is 0 Å². The second-order valence-electron chi connectivity index (χ2n) is 3.39. The van der Waals surface area contributed by atoms with Crippen LogP contribution < -0.4 is 5.56 Å². The van der Waals surface area contributed by atoms with E-state index < -0.39 is 5.97 Å². The molecule has 1 aromatic heterocycles. The van der Waals surface area contributed by atoms with E-state index >= 15 is 0 Å². The Balaban J connectivity index is 2.74. The van der Waals surface area contributed by atoms with E-state index in [0.29, 0.717) is 16.5 Å². The molecule has 78 valence electrons. The number of aromatic nitrogens is 2. The Morgan fingerprint density at radius 3 is 2.93 bits per heavy atom. The maximum absolute atomic E-state index is 11.7. The van der Waals surface area contributed by atoms with Crippen molar-refractivity contribution in [2.75, 3.05) is 0 Å². The van der Waals surface area contributed by atoms with Crippen LogP contribution in [0.2, 0.25) is 0 Å². The third-order valence-electron chi connectivity index (χ3n) is 2.30. The lowest BCUT2D eigenvalue weighted by Crippen LogP contribution is -2.13. The predicted molar refractivity (Wildman–Crippen MR) is 54.9 cm³/mol. The highest BCUT2D eigenvalue weighted by Gasteiger charge is 2.10. The number of nitrogens with zero attached hydrogens (tertiary/aromatic N) is 1.